The average Bonchev–Trinajstić information content (AvgIpc) is 3.10. The zero-order valence-corrected chi connectivity index (χ0v) is 12.1. The molecule has 0 bridgehead atoms. The van der Waals surface area contributed by atoms with Crippen LogP contribution in [0.4, 0.5) is 0 Å². The van der Waals surface area contributed by atoms with Crippen molar-refractivity contribution in [3.05, 3.63) is 44.7 Å². The molecule has 3 heterocycles. The van der Waals surface area contributed by atoms with Gasteiger partial charge in [0, 0.05) is 0 Å². The summed E-state index contributed by atoms with van der Waals surface area (Å²) < 4.78 is 2.74. The first kappa shape index (κ1) is 11.8. The van der Waals surface area contributed by atoms with E-state index in [2.05, 4.69) is 44.6 Å². The summed E-state index contributed by atoms with van der Waals surface area (Å²) in [6.07, 6.45) is 0. The molecule has 0 fully saturated rings. The van der Waals surface area contributed by atoms with Crippen LogP contribution in [0.3, 0.4) is 0 Å². The molecule has 0 aliphatic rings. The standard InChI is InChI=1S/C12H11N3S3/c1-8(9-4-6-17-7-9)15-11(13-14-12(15)16)10-3-2-5-18-10/h2-8H,1H3,(H,14,16). The Morgan fingerprint density at radius 1 is 1.39 bits per heavy atom. The molecule has 1 atom stereocenters. The Hall–Kier alpha value is -1.24. The molecule has 3 aromatic rings. The molecule has 0 aliphatic heterocycles. The minimum Gasteiger partial charge on any atom is -0.292 e. The number of hydrogen-bond acceptors (Lipinski definition) is 4. The van der Waals surface area contributed by atoms with Gasteiger partial charge in [-0.3, -0.25) is 9.67 Å². The first-order valence-corrected chi connectivity index (χ1v) is 7.73. The maximum absolute atomic E-state index is 5.35. The SMILES string of the molecule is CC(c1ccsc1)n1c(-c2cccs2)n[nH]c1=S. The Bertz CT molecular complexity index is 677. The fraction of sp³-hybridized carbons (Fsp3) is 0.167. The summed E-state index contributed by atoms with van der Waals surface area (Å²) in [5.74, 6) is 0.911. The lowest BCUT2D eigenvalue weighted by molar-refractivity contribution is 0.638. The van der Waals surface area contributed by atoms with Gasteiger partial charge >= 0.3 is 0 Å². The average molecular weight is 293 g/mol. The Balaban J connectivity index is 2.12. The minimum absolute atomic E-state index is 0.194. The van der Waals surface area contributed by atoms with Crippen LogP contribution in [0.2, 0.25) is 0 Å². The molecule has 3 aromatic heterocycles. The summed E-state index contributed by atoms with van der Waals surface area (Å²) in [7, 11) is 0. The maximum atomic E-state index is 5.35. The summed E-state index contributed by atoms with van der Waals surface area (Å²) >= 11 is 8.72. The first-order valence-electron chi connectivity index (χ1n) is 5.50. The van der Waals surface area contributed by atoms with Gasteiger partial charge in [0.1, 0.15) is 0 Å². The van der Waals surface area contributed by atoms with Crippen LogP contribution in [0.15, 0.2) is 34.3 Å². The maximum Gasteiger partial charge on any atom is 0.196 e. The quantitative estimate of drug-likeness (QED) is 0.729. The van der Waals surface area contributed by atoms with Gasteiger partial charge in [-0.05, 0) is 53.0 Å². The zero-order chi connectivity index (χ0) is 12.5. The number of rotatable bonds is 3. The summed E-state index contributed by atoms with van der Waals surface area (Å²) in [5, 5.41) is 13.5. The number of nitrogens with zero attached hydrogens (tertiary/aromatic N) is 2. The lowest BCUT2D eigenvalue weighted by Gasteiger charge is -2.13. The highest BCUT2D eigenvalue weighted by Crippen LogP contribution is 2.29. The highest BCUT2D eigenvalue weighted by atomic mass is 32.1. The van der Waals surface area contributed by atoms with Gasteiger partial charge in [0.2, 0.25) is 0 Å². The molecule has 0 saturated heterocycles. The van der Waals surface area contributed by atoms with Gasteiger partial charge in [-0.15, -0.1) is 11.3 Å². The van der Waals surface area contributed by atoms with Crippen LogP contribution in [0.1, 0.15) is 18.5 Å². The van der Waals surface area contributed by atoms with Gasteiger partial charge in [-0.1, -0.05) is 6.07 Å². The van der Waals surface area contributed by atoms with Gasteiger partial charge in [0.15, 0.2) is 10.6 Å². The van der Waals surface area contributed by atoms with E-state index in [0.29, 0.717) is 4.77 Å². The molecular formula is C12H11N3S3. The van der Waals surface area contributed by atoms with Gasteiger partial charge in [-0.25, -0.2) is 0 Å². The zero-order valence-electron chi connectivity index (χ0n) is 9.66. The van der Waals surface area contributed by atoms with Crippen molar-refractivity contribution in [1.82, 2.24) is 14.8 Å². The number of thiophene rings is 2. The van der Waals surface area contributed by atoms with Crippen molar-refractivity contribution in [3.63, 3.8) is 0 Å². The van der Waals surface area contributed by atoms with Crippen molar-refractivity contribution in [2.24, 2.45) is 0 Å². The molecule has 3 rings (SSSR count). The smallest absolute Gasteiger partial charge is 0.196 e. The van der Waals surface area contributed by atoms with Crippen LogP contribution < -0.4 is 0 Å². The lowest BCUT2D eigenvalue weighted by Crippen LogP contribution is -2.07. The van der Waals surface area contributed by atoms with Gasteiger partial charge in [0.05, 0.1) is 10.9 Å². The van der Waals surface area contributed by atoms with Gasteiger partial charge in [-0.2, -0.15) is 16.4 Å². The van der Waals surface area contributed by atoms with E-state index in [4.69, 9.17) is 12.2 Å². The van der Waals surface area contributed by atoms with E-state index in [9.17, 15) is 0 Å². The summed E-state index contributed by atoms with van der Waals surface area (Å²) in [5.41, 5.74) is 1.26. The molecule has 0 spiro atoms. The van der Waals surface area contributed by atoms with Crippen molar-refractivity contribution in [3.8, 4) is 10.7 Å². The lowest BCUT2D eigenvalue weighted by atomic mass is 10.2. The largest absolute Gasteiger partial charge is 0.292 e. The van der Waals surface area contributed by atoms with Crippen LogP contribution in [0.5, 0.6) is 0 Å². The molecule has 1 N–H and O–H groups in total. The number of hydrogen-bond donors (Lipinski definition) is 1. The Morgan fingerprint density at radius 3 is 2.94 bits per heavy atom. The summed E-state index contributed by atoms with van der Waals surface area (Å²) in [6, 6.07) is 6.41. The highest BCUT2D eigenvalue weighted by Gasteiger charge is 2.16. The van der Waals surface area contributed by atoms with Crippen molar-refractivity contribution in [2.45, 2.75) is 13.0 Å². The second kappa shape index (κ2) is 4.79. The normalized spacial score (nSPS) is 12.7. The second-order valence-corrected chi connectivity index (χ2v) is 6.05. The third-order valence-electron chi connectivity index (χ3n) is 2.86. The van der Waals surface area contributed by atoms with E-state index < -0.39 is 0 Å². The molecule has 1 unspecified atom stereocenters. The predicted molar refractivity (Wildman–Crippen MR) is 78.9 cm³/mol. The van der Waals surface area contributed by atoms with Crippen LogP contribution in [-0.4, -0.2) is 14.8 Å². The molecule has 0 amide bonds. The number of aromatic nitrogens is 3. The molecule has 0 radical (unpaired) electrons. The number of aromatic amines is 1. The molecule has 92 valence electrons. The predicted octanol–water partition coefficient (Wildman–Crippen LogP) is 4.34. The highest BCUT2D eigenvalue weighted by molar-refractivity contribution is 7.71. The van der Waals surface area contributed by atoms with Crippen LogP contribution in [0.25, 0.3) is 10.7 Å². The minimum atomic E-state index is 0.194. The fourth-order valence-electron chi connectivity index (χ4n) is 1.91. The van der Waals surface area contributed by atoms with E-state index in [1.54, 1.807) is 22.7 Å². The molecule has 6 heteroatoms. The molecule has 3 nitrogen and oxygen atoms in total. The van der Waals surface area contributed by atoms with E-state index in [1.165, 1.54) is 5.56 Å². The van der Waals surface area contributed by atoms with Crippen molar-refractivity contribution in [1.29, 1.82) is 0 Å². The first-order chi connectivity index (χ1) is 8.77. The second-order valence-electron chi connectivity index (χ2n) is 3.93. The molecule has 18 heavy (non-hydrogen) atoms. The van der Waals surface area contributed by atoms with Crippen LogP contribution in [-0.2, 0) is 0 Å². The van der Waals surface area contributed by atoms with Crippen molar-refractivity contribution >= 4 is 34.9 Å². The van der Waals surface area contributed by atoms with E-state index in [-0.39, 0.29) is 6.04 Å². The summed E-state index contributed by atoms with van der Waals surface area (Å²) in [4.78, 5) is 1.13. The fourth-order valence-corrected chi connectivity index (χ4v) is 3.65. The van der Waals surface area contributed by atoms with Crippen LogP contribution in [0, 0.1) is 4.77 Å². The van der Waals surface area contributed by atoms with Crippen molar-refractivity contribution < 1.29 is 0 Å². The third kappa shape index (κ3) is 1.96. The monoisotopic (exact) mass is 293 g/mol. The molecule has 0 aliphatic carbocycles. The topological polar surface area (TPSA) is 33.6 Å². The Morgan fingerprint density at radius 2 is 2.28 bits per heavy atom. The number of nitrogens with one attached hydrogen (secondary N) is 1. The number of H-pyrrole nitrogens is 1. The van der Waals surface area contributed by atoms with Gasteiger partial charge in [0.25, 0.3) is 0 Å². The molecular weight excluding hydrogens is 282 g/mol. The Kier molecular flexibility index (Phi) is 3.15. The molecule has 0 saturated carbocycles. The molecule has 0 aromatic carbocycles. The third-order valence-corrected chi connectivity index (χ3v) is 4.71. The summed E-state index contributed by atoms with van der Waals surface area (Å²) in [6.45, 7) is 2.14. The van der Waals surface area contributed by atoms with E-state index >= 15 is 0 Å². The van der Waals surface area contributed by atoms with E-state index in [1.807, 2.05) is 11.4 Å². The Labute approximate surface area is 118 Å². The van der Waals surface area contributed by atoms with E-state index in [0.717, 1.165) is 10.7 Å². The van der Waals surface area contributed by atoms with Crippen LogP contribution >= 0.6 is 34.9 Å². The van der Waals surface area contributed by atoms with Crippen molar-refractivity contribution in [2.75, 3.05) is 0 Å². The van der Waals surface area contributed by atoms with Gasteiger partial charge < -0.3 is 0 Å².